The Hall–Kier alpha value is -2.19. The molecule has 0 unspecified atom stereocenters. The molecule has 0 bridgehead atoms. The van der Waals surface area contributed by atoms with Gasteiger partial charge in [0.15, 0.2) is 5.65 Å². The molecule has 0 N–H and O–H groups in total. The number of hydrogen-bond donors (Lipinski definition) is 0. The summed E-state index contributed by atoms with van der Waals surface area (Å²) in [6.07, 6.45) is 3.10. The Morgan fingerprint density at radius 2 is 1.97 bits per heavy atom. The molecule has 4 aromatic heterocycles. The molecule has 0 atom stereocenters. The number of hydrogen-bond acceptors (Lipinski definition) is 5. The van der Waals surface area contributed by atoms with Crippen LogP contribution >= 0.6 is 27.3 Å². The van der Waals surface area contributed by atoms with Crippen LogP contribution in [-0.2, 0) is 4.74 Å². The van der Waals surface area contributed by atoms with E-state index in [0.29, 0.717) is 0 Å². The van der Waals surface area contributed by atoms with Crippen LogP contribution in [0.25, 0.3) is 27.1 Å². The molecule has 0 aliphatic heterocycles. The number of rotatable bonds is 2. The van der Waals surface area contributed by atoms with Crippen molar-refractivity contribution in [3.63, 3.8) is 0 Å². The molecule has 0 saturated carbocycles. The molecule has 4 rings (SSSR count). The van der Waals surface area contributed by atoms with Crippen molar-refractivity contribution in [2.45, 2.75) is 60.0 Å². The largest absolute Gasteiger partial charge is 0.443 e. The molecule has 0 aliphatic carbocycles. The Morgan fingerprint density at radius 1 is 1.27 bits per heavy atom. The predicted octanol–water partition coefficient (Wildman–Crippen LogP) is 6.70. The zero-order chi connectivity index (χ0) is 22.0. The lowest BCUT2D eigenvalue weighted by atomic mass is 9.96. The van der Waals surface area contributed by atoms with Crippen LogP contribution in [-0.4, -0.2) is 30.9 Å². The van der Waals surface area contributed by atoms with E-state index in [0.717, 1.165) is 47.6 Å². The Labute approximate surface area is 188 Å². The van der Waals surface area contributed by atoms with Gasteiger partial charge in [0.2, 0.25) is 0 Å². The van der Waals surface area contributed by atoms with E-state index in [2.05, 4.69) is 52.9 Å². The lowest BCUT2D eigenvalue weighted by molar-refractivity contribution is 0.0547. The van der Waals surface area contributed by atoms with Gasteiger partial charge in [-0.15, -0.1) is 11.3 Å². The van der Waals surface area contributed by atoms with E-state index in [1.807, 2.05) is 33.9 Å². The first-order valence-corrected chi connectivity index (χ1v) is 11.5. The van der Waals surface area contributed by atoms with Crippen LogP contribution in [0.15, 0.2) is 22.4 Å². The number of aryl methyl sites for hydroxylation is 2. The van der Waals surface area contributed by atoms with Crippen LogP contribution < -0.4 is 0 Å². The molecule has 4 heterocycles. The second-order valence-corrected chi connectivity index (χ2v) is 11.2. The molecule has 0 aliphatic rings. The summed E-state index contributed by atoms with van der Waals surface area (Å²) in [7, 11) is 0. The van der Waals surface area contributed by atoms with Crippen LogP contribution in [0.2, 0.25) is 0 Å². The van der Waals surface area contributed by atoms with Gasteiger partial charge in [-0.2, -0.15) is 5.10 Å². The fourth-order valence-electron chi connectivity index (χ4n) is 3.84. The number of fused-ring (bicyclic) bond motifs is 2. The summed E-state index contributed by atoms with van der Waals surface area (Å²) >= 11 is 5.23. The quantitative estimate of drug-likeness (QED) is 0.314. The van der Waals surface area contributed by atoms with Gasteiger partial charge in [0.1, 0.15) is 16.8 Å². The number of carbonyl (C=O) groups excluding carboxylic acids is 1. The zero-order valence-corrected chi connectivity index (χ0v) is 20.6. The molecule has 0 aromatic carbocycles. The lowest BCUT2D eigenvalue weighted by Crippen LogP contribution is -2.27. The minimum absolute atomic E-state index is 0.207. The standard InChI is InChI=1S/C22H25BrN4O2S/c1-11(2)15-16-13(4)18(23)30-20(16)27(21(28)29-22(5,6)7)17(15)14-8-12(3)19-24-10-25-26(19)9-14/h8-11H,1-7H3. The smallest absolute Gasteiger partial charge is 0.420 e. The fourth-order valence-corrected chi connectivity index (χ4v) is 5.54. The van der Waals surface area contributed by atoms with Gasteiger partial charge in [0, 0.05) is 17.1 Å². The van der Waals surface area contributed by atoms with Crippen molar-refractivity contribution in [2.24, 2.45) is 0 Å². The number of thiophene rings is 1. The highest BCUT2D eigenvalue weighted by atomic mass is 79.9. The van der Waals surface area contributed by atoms with Crippen LogP contribution in [0, 0.1) is 13.8 Å². The summed E-state index contributed by atoms with van der Waals surface area (Å²) in [6, 6.07) is 2.07. The number of ether oxygens (including phenoxy) is 1. The van der Waals surface area contributed by atoms with E-state index >= 15 is 0 Å². The summed E-state index contributed by atoms with van der Waals surface area (Å²) in [6.45, 7) is 14.1. The van der Waals surface area contributed by atoms with Crippen molar-refractivity contribution in [3.05, 3.63) is 39.1 Å². The van der Waals surface area contributed by atoms with Gasteiger partial charge in [-0.1, -0.05) is 13.8 Å². The maximum atomic E-state index is 13.4. The predicted molar refractivity (Wildman–Crippen MR) is 125 cm³/mol. The van der Waals surface area contributed by atoms with E-state index in [-0.39, 0.29) is 12.0 Å². The Kier molecular flexibility index (Phi) is 5.05. The summed E-state index contributed by atoms with van der Waals surface area (Å²) < 4.78 is 10.3. The second kappa shape index (κ2) is 7.20. The van der Waals surface area contributed by atoms with Gasteiger partial charge in [0.05, 0.1) is 9.48 Å². The van der Waals surface area contributed by atoms with Gasteiger partial charge < -0.3 is 4.74 Å². The summed E-state index contributed by atoms with van der Waals surface area (Å²) in [5, 5.41) is 5.43. The number of carbonyl (C=O) groups is 1. The van der Waals surface area contributed by atoms with Crippen LogP contribution in [0.1, 0.15) is 57.2 Å². The first kappa shape index (κ1) is 21.1. The molecule has 4 aromatic rings. The molecular weight excluding hydrogens is 464 g/mol. The zero-order valence-electron chi connectivity index (χ0n) is 18.2. The average molecular weight is 489 g/mol. The van der Waals surface area contributed by atoms with Gasteiger partial charge >= 0.3 is 6.09 Å². The van der Waals surface area contributed by atoms with Gasteiger partial charge in [-0.3, -0.25) is 0 Å². The molecule has 6 nitrogen and oxygen atoms in total. The van der Waals surface area contributed by atoms with Crippen molar-refractivity contribution in [3.8, 4) is 11.3 Å². The van der Waals surface area contributed by atoms with E-state index < -0.39 is 5.60 Å². The maximum absolute atomic E-state index is 13.4. The van der Waals surface area contributed by atoms with E-state index in [1.165, 1.54) is 0 Å². The van der Waals surface area contributed by atoms with Crippen LogP contribution in [0.4, 0.5) is 4.79 Å². The monoisotopic (exact) mass is 488 g/mol. The molecule has 30 heavy (non-hydrogen) atoms. The molecular formula is C22H25BrN4O2S. The normalized spacial score (nSPS) is 12.4. The number of aromatic nitrogens is 4. The third-order valence-corrected chi connectivity index (χ3v) is 7.15. The van der Waals surface area contributed by atoms with Crippen molar-refractivity contribution < 1.29 is 9.53 Å². The van der Waals surface area contributed by atoms with E-state index in [9.17, 15) is 4.79 Å². The third-order valence-electron chi connectivity index (χ3n) is 5.01. The van der Waals surface area contributed by atoms with Gasteiger partial charge in [-0.05, 0) is 79.2 Å². The molecule has 158 valence electrons. The lowest BCUT2D eigenvalue weighted by Gasteiger charge is -2.21. The second-order valence-electron chi connectivity index (χ2n) is 8.85. The first-order valence-electron chi connectivity index (χ1n) is 9.86. The van der Waals surface area contributed by atoms with Crippen molar-refractivity contribution in [1.82, 2.24) is 19.2 Å². The molecule has 8 heteroatoms. The van der Waals surface area contributed by atoms with Crippen LogP contribution in [0.5, 0.6) is 0 Å². The Bertz CT molecular complexity index is 1290. The average Bonchev–Trinajstić information content (AvgIpc) is 3.28. The van der Waals surface area contributed by atoms with Gasteiger partial charge in [0.25, 0.3) is 0 Å². The summed E-state index contributed by atoms with van der Waals surface area (Å²) in [5.41, 5.74) is 5.25. The van der Waals surface area contributed by atoms with E-state index in [4.69, 9.17) is 4.74 Å². The Balaban J connectivity index is 2.11. The molecule has 0 fully saturated rings. The maximum Gasteiger partial charge on any atom is 0.420 e. The SMILES string of the molecule is Cc1c(Br)sc2c1c(C(C)C)c(-c1cc(C)c3ncnn3c1)n2C(=O)OC(C)(C)C. The fraction of sp³-hybridized carbons (Fsp3) is 0.409. The number of halogens is 1. The number of nitrogens with zero attached hydrogens (tertiary/aromatic N) is 4. The van der Waals surface area contributed by atoms with Crippen molar-refractivity contribution >= 4 is 49.2 Å². The number of pyridine rings is 1. The third kappa shape index (κ3) is 3.36. The molecule has 0 spiro atoms. The van der Waals surface area contributed by atoms with Crippen molar-refractivity contribution in [2.75, 3.05) is 0 Å². The van der Waals surface area contributed by atoms with E-state index in [1.54, 1.807) is 26.7 Å². The Morgan fingerprint density at radius 3 is 2.60 bits per heavy atom. The highest BCUT2D eigenvalue weighted by Crippen LogP contribution is 2.46. The highest BCUT2D eigenvalue weighted by Gasteiger charge is 2.30. The highest BCUT2D eigenvalue weighted by molar-refractivity contribution is 9.11. The summed E-state index contributed by atoms with van der Waals surface area (Å²) in [4.78, 5) is 18.6. The molecule has 0 radical (unpaired) electrons. The minimum Gasteiger partial charge on any atom is -0.443 e. The summed E-state index contributed by atoms with van der Waals surface area (Å²) in [5.74, 6) is 0.207. The molecule has 0 amide bonds. The molecule has 0 saturated heterocycles. The van der Waals surface area contributed by atoms with Crippen molar-refractivity contribution in [1.29, 1.82) is 0 Å². The topological polar surface area (TPSA) is 61.4 Å². The minimum atomic E-state index is -0.599. The van der Waals surface area contributed by atoms with Gasteiger partial charge in [-0.25, -0.2) is 18.9 Å². The van der Waals surface area contributed by atoms with Crippen LogP contribution in [0.3, 0.4) is 0 Å². The first-order chi connectivity index (χ1) is 14.0.